The Morgan fingerprint density at radius 2 is 1.95 bits per heavy atom. The second-order valence-electron chi connectivity index (χ2n) is 5.33. The van der Waals surface area contributed by atoms with Crippen LogP contribution in [0.5, 0.6) is 0 Å². The molecule has 0 radical (unpaired) electrons. The molecular formula is C16H27N3OS. The summed E-state index contributed by atoms with van der Waals surface area (Å²) >= 11 is 1.89. The molecule has 0 bridgehead atoms. The number of carbonyl (C=O) groups excluding carboxylic acids is 1. The van der Waals surface area contributed by atoms with Crippen molar-refractivity contribution in [3.63, 3.8) is 0 Å². The normalized spacial score (nSPS) is 10.4. The molecule has 1 amide bonds. The van der Waals surface area contributed by atoms with Gasteiger partial charge in [-0.25, -0.2) is 0 Å². The van der Waals surface area contributed by atoms with Crippen molar-refractivity contribution in [3.8, 4) is 0 Å². The van der Waals surface area contributed by atoms with Crippen molar-refractivity contribution >= 4 is 29.0 Å². The van der Waals surface area contributed by atoms with Crippen molar-refractivity contribution in [1.29, 1.82) is 0 Å². The molecule has 3 N–H and O–H groups in total. The van der Waals surface area contributed by atoms with E-state index >= 15 is 0 Å². The standard InChI is InChI=1S/C16H27N3OS/c1-19(2)15-9-8-13(17)12-14(15)16(20)18-10-6-4-5-7-11-21-3/h8-9,12H,4-7,10-11,17H2,1-3H3,(H,18,20). The van der Waals surface area contributed by atoms with Crippen molar-refractivity contribution in [1.82, 2.24) is 5.32 Å². The van der Waals surface area contributed by atoms with Crippen molar-refractivity contribution in [2.24, 2.45) is 0 Å². The third kappa shape index (κ3) is 6.29. The first-order valence-corrected chi connectivity index (χ1v) is 8.79. The summed E-state index contributed by atoms with van der Waals surface area (Å²) in [5, 5.41) is 2.99. The van der Waals surface area contributed by atoms with Crippen LogP contribution >= 0.6 is 11.8 Å². The smallest absolute Gasteiger partial charge is 0.253 e. The molecule has 1 rings (SSSR count). The van der Waals surface area contributed by atoms with Crippen LogP contribution < -0.4 is 16.0 Å². The van der Waals surface area contributed by atoms with Crippen LogP contribution in [0.1, 0.15) is 36.0 Å². The van der Waals surface area contributed by atoms with Gasteiger partial charge in [0.25, 0.3) is 5.91 Å². The summed E-state index contributed by atoms with van der Waals surface area (Å²) in [6.45, 7) is 0.722. The van der Waals surface area contributed by atoms with Gasteiger partial charge in [-0.15, -0.1) is 0 Å². The number of nitrogens with two attached hydrogens (primary N) is 1. The second kappa shape index (κ2) is 9.55. The Kier molecular flexibility index (Phi) is 8.05. The molecule has 21 heavy (non-hydrogen) atoms. The summed E-state index contributed by atoms with van der Waals surface area (Å²) in [7, 11) is 3.85. The molecule has 0 aromatic heterocycles. The van der Waals surface area contributed by atoms with E-state index in [2.05, 4.69) is 11.6 Å². The average Bonchev–Trinajstić information content (AvgIpc) is 2.45. The highest BCUT2D eigenvalue weighted by Gasteiger charge is 2.12. The topological polar surface area (TPSA) is 58.4 Å². The fourth-order valence-corrected chi connectivity index (χ4v) is 2.64. The monoisotopic (exact) mass is 309 g/mol. The number of benzene rings is 1. The highest BCUT2D eigenvalue weighted by atomic mass is 32.2. The Bertz CT molecular complexity index is 449. The predicted molar refractivity (Wildman–Crippen MR) is 94.4 cm³/mol. The van der Waals surface area contributed by atoms with Crippen LogP contribution in [0.15, 0.2) is 18.2 Å². The maximum atomic E-state index is 12.3. The van der Waals surface area contributed by atoms with Gasteiger partial charge < -0.3 is 16.0 Å². The molecule has 0 atom stereocenters. The van der Waals surface area contributed by atoms with Gasteiger partial charge in [0.2, 0.25) is 0 Å². The lowest BCUT2D eigenvalue weighted by molar-refractivity contribution is 0.0953. The minimum atomic E-state index is -0.0462. The molecule has 0 fully saturated rings. The maximum absolute atomic E-state index is 12.3. The average molecular weight is 309 g/mol. The number of amides is 1. The SMILES string of the molecule is CSCCCCCCNC(=O)c1cc(N)ccc1N(C)C. The summed E-state index contributed by atoms with van der Waals surface area (Å²) in [6.07, 6.45) is 6.82. The summed E-state index contributed by atoms with van der Waals surface area (Å²) < 4.78 is 0. The van der Waals surface area contributed by atoms with Crippen LogP contribution in [0.2, 0.25) is 0 Å². The third-order valence-corrected chi connectivity index (χ3v) is 4.00. The summed E-state index contributed by atoms with van der Waals surface area (Å²) in [4.78, 5) is 14.2. The van der Waals surface area contributed by atoms with Gasteiger partial charge in [0.1, 0.15) is 0 Å². The highest BCUT2D eigenvalue weighted by molar-refractivity contribution is 7.98. The van der Waals surface area contributed by atoms with Gasteiger partial charge in [-0.2, -0.15) is 11.8 Å². The predicted octanol–water partition coefficient (Wildman–Crippen LogP) is 2.99. The first-order valence-electron chi connectivity index (χ1n) is 7.40. The molecule has 118 valence electrons. The molecule has 0 spiro atoms. The Morgan fingerprint density at radius 1 is 1.24 bits per heavy atom. The van der Waals surface area contributed by atoms with E-state index in [4.69, 9.17) is 5.73 Å². The molecule has 0 aliphatic heterocycles. The quantitative estimate of drug-likeness (QED) is 0.544. The Morgan fingerprint density at radius 3 is 2.62 bits per heavy atom. The van der Waals surface area contributed by atoms with E-state index in [1.807, 2.05) is 42.9 Å². The zero-order valence-corrected chi connectivity index (χ0v) is 14.1. The van der Waals surface area contributed by atoms with E-state index < -0.39 is 0 Å². The summed E-state index contributed by atoms with van der Waals surface area (Å²) in [5.41, 5.74) is 7.93. The lowest BCUT2D eigenvalue weighted by Gasteiger charge is -2.17. The molecule has 1 aromatic rings. The van der Waals surface area contributed by atoms with Crippen LogP contribution in [0.3, 0.4) is 0 Å². The number of unbranched alkanes of at least 4 members (excludes halogenated alkanes) is 3. The number of nitrogens with one attached hydrogen (secondary N) is 1. The molecule has 0 aliphatic carbocycles. The number of nitrogen functional groups attached to an aromatic ring is 1. The van der Waals surface area contributed by atoms with Crippen LogP contribution in [-0.4, -0.2) is 38.6 Å². The van der Waals surface area contributed by atoms with Crippen LogP contribution in [0, 0.1) is 0 Å². The Balaban J connectivity index is 2.43. The van der Waals surface area contributed by atoms with Gasteiger partial charge in [-0.05, 0) is 43.0 Å². The number of nitrogens with zero attached hydrogens (tertiary/aromatic N) is 1. The van der Waals surface area contributed by atoms with E-state index in [0.717, 1.165) is 25.1 Å². The van der Waals surface area contributed by atoms with E-state index in [9.17, 15) is 4.79 Å². The number of hydrogen-bond acceptors (Lipinski definition) is 4. The zero-order chi connectivity index (χ0) is 15.7. The van der Waals surface area contributed by atoms with E-state index in [-0.39, 0.29) is 5.91 Å². The highest BCUT2D eigenvalue weighted by Crippen LogP contribution is 2.21. The lowest BCUT2D eigenvalue weighted by Crippen LogP contribution is -2.26. The van der Waals surface area contributed by atoms with Gasteiger partial charge in [0, 0.05) is 32.0 Å². The molecule has 0 heterocycles. The van der Waals surface area contributed by atoms with E-state index in [0.29, 0.717) is 11.3 Å². The molecular weight excluding hydrogens is 282 g/mol. The van der Waals surface area contributed by atoms with Crippen LogP contribution in [0.4, 0.5) is 11.4 Å². The molecule has 5 heteroatoms. The number of thioether (sulfide) groups is 1. The fraction of sp³-hybridized carbons (Fsp3) is 0.562. The van der Waals surface area contributed by atoms with Crippen molar-refractivity contribution in [3.05, 3.63) is 23.8 Å². The molecule has 0 aliphatic rings. The van der Waals surface area contributed by atoms with Gasteiger partial charge in [-0.3, -0.25) is 4.79 Å². The summed E-state index contributed by atoms with van der Waals surface area (Å²) in [6, 6.07) is 5.44. The molecule has 0 saturated carbocycles. The van der Waals surface area contributed by atoms with Crippen LogP contribution in [-0.2, 0) is 0 Å². The number of hydrogen-bond donors (Lipinski definition) is 2. The Hall–Kier alpha value is -1.36. The number of anilines is 2. The lowest BCUT2D eigenvalue weighted by atomic mass is 10.1. The van der Waals surface area contributed by atoms with Gasteiger partial charge in [0.15, 0.2) is 0 Å². The second-order valence-corrected chi connectivity index (χ2v) is 6.32. The van der Waals surface area contributed by atoms with E-state index in [1.54, 1.807) is 6.07 Å². The minimum absolute atomic E-state index is 0.0462. The van der Waals surface area contributed by atoms with Gasteiger partial charge >= 0.3 is 0 Å². The first kappa shape index (κ1) is 17.7. The van der Waals surface area contributed by atoms with Crippen molar-refractivity contribution in [2.45, 2.75) is 25.7 Å². The fourth-order valence-electron chi connectivity index (χ4n) is 2.15. The third-order valence-electron chi connectivity index (χ3n) is 3.31. The molecule has 0 saturated heterocycles. The van der Waals surface area contributed by atoms with Gasteiger partial charge in [-0.1, -0.05) is 12.8 Å². The van der Waals surface area contributed by atoms with Crippen LogP contribution in [0.25, 0.3) is 0 Å². The number of carbonyl (C=O) groups is 1. The summed E-state index contributed by atoms with van der Waals surface area (Å²) in [5.74, 6) is 1.18. The van der Waals surface area contributed by atoms with Gasteiger partial charge in [0.05, 0.1) is 5.56 Å². The minimum Gasteiger partial charge on any atom is -0.399 e. The maximum Gasteiger partial charge on any atom is 0.253 e. The molecule has 4 nitrogen and oxygen atoms in total. The number of rotatable bonds is 9. The molecule has 0 unspecified atom stereocenters. The molecule has 1 aromatic carbocycles. The largest absolute Gasteiger partial charge is 0.399 e. The zero-order valence-electron chi connectivity index (χ0n) is 13.3. The first-order chi connectivity index (χ1) is 10.1. The Labute approximate surface area is 132 Å². The van der Waals surface area contributed by atoms with Crippen molar-refractivity contribution < 1.29 is 4.79 Å². The van der Waals surface area contributed by atoms with E-state index in [1.165, 1.54) is 18.6 Å². The van der Waals surface area contributed by atoms with Crippen molar-refractivity contribution in [2.75, 3.05) is 43.3 Å².